The third kappa shape index (κ3) is 6.87. The van der Waals surface area contributed by atoms with Gasteiger partial charge in [0.15, 0.2) is 0 Å². The Bertz CT molecular complexity index is 980. The summed E-state index contributed by atoms with van der Waals surface area (Å²) in [5.41, 5.74) is 2.74. The second-order valence-electron chi connectivity index (χ2n) is 8.36. The van der Waals surface area contributed by atoms with Gasteiger partial charge in [-0.05, 0) is 37.0 Å². The average Bonchev–Trinajstić information content (AvgIpc) is 3.22. The lowest BCUT2D eigenvalue weighted by molar-refractivity contribution is -0.123. The molecule has 174 valence electrons. The lowest BCUT2D eigenvalue weighted by Crippen LogP contribution is -2.39. The minimum atomic E-state index is -3.24. The van der Waals surface area contributed by atoms with E-state index in [0.717, 1.165) is 29.7 Å². The number of carbonyl (C=O) groups is 1. The number of aliphatic hydroxyl groups excluding tert-OH is 1. The number of β-amino-alcohol motifs (C(OH)–C–C–N with tert-alkyl or cyclic N) is 1. The van der Waals surface area contributed by atoms with E-state index in [-0.39, 0.29) is 36.3 Å². The largest absolute Gasteiger partial charge is 0.392 e. The fraction of sp³-hybridized carbons (Fsp3) is 0.458. The minimum Gasteiger partial charge on any atom is -0.392 e. The number of aliphatic hydroxyl groups is 1. The van der Waals surface area contributed by atoms with Crippen molar-refractivity contribution in [3.8, 4) is 0 Å². The molecule has 32 heavy (non-hydrogen) atoms. The molecule has 0 saturated carbocycles. The summed E-state index contributed by atoms with van der Waals surface area (Å²) in [6.07, 6.45) is 0.452. The first-order valence-electron chi connectivity index (χ1n) is 11.1. The Labute approximate surface area is 190 Å². The molecular formula is C24H33N3O4S. The van der Waals surface area contributed by atoms with Crippen LogP contribution >= 0.6 is 0 Å². The molecule has 1 aliphatic rings. The zero-order valence-corrected chi connectivity index (χ0v) is 19.5. The molecule has 1 heterocycles. The SMILES string of the molecule is CCS(=O)(=O)NCc1ccc(C(C)C(=O)NC(CN2CCC(O)C2)c2ccccc2)cc1. The molecule has 2 aromatic rings. The summed E-state index contributed by atoms with van der Waals surface area (Å²) in [6.45, 7) is 5.79. The third-order valence-corrected chi connectivity index (χ3v) is 7.30. The van der Waals surface area contributed by atoms with E-state index in [1.54, 1.807) is 6.92 Å². The van der Waals surface area contributed by atoms with E-state index in [1.807, 2.05) is 61.5 Å². The number of sulfonamides is 1. The van der Waals surface area contributed by atoms with Crippen LogP contribution in [0.2, 0.25) is 0 Å². The van der Waals surface area contributed by atoms with Gasteiger partial charge in [-0.15, -0.1) is 0 Å². The first kappa shape index (κ1) is 24.4. The molecule has 0 aromatic heterocycles. The van der Waals surface area contributed by atoms with Crippen molar-refractivity contribution >= 4 is 15.9 Å². The van der Waals surface area contributed by atoms with Gasteiger partial charge in [0.1, 0.15) is 0 Å². The molecule has 1 amide bonds. The number of hydrogen-bond acceptors (Lipinski definition) is 5. The summed E-state index contributed by atoms with van der Waals surface area (Å²) in [6, 6.07) is 17.1. The highest BCUT2D eigenvalue weighted by molar-refractivity contribution is 7.89. The van der Waals surface area contributed by atoms with Crippen LogP contribution in [0.4, 0.5) is 0 Å². The number of nitrogens with zero attached hydrogens (tertiary/aromatic N) is 1. The lowest BCUT2D eigenvalue weighted by Gasteiger charge is -2.26. The number of carbonyl (C=O) groups excluding carboxylic acids is 1. The van der Waals surface area contributed by atoms with Crippen LogP contribution in [-0.2, 0) is 21.4 Å². The van der Waals surface area contributed by atoms with E-state index in [0.29, 0.717) is 13.1 Å². The minimum absolute atomic E-state index is 0.0429. The van der Waals surface area contributed by atoms with E-state index in [4.69, 9.17) is 0 Å². The Morgan fingerprint density at radius 1 is 1.12 bits per heavy atom. The molecule has 0 spiro atoms. The number of amides is 1. The second-order valence-corrected chi connectivity index (χ2v) is 10.5. The molecule has 3 atom stereocenters. The van der Waals surface area contributed by atoms with E-state index in [1.165, 1.54) is 0 Å². The Balaban J connectivity index is 1.65. The number of hydrogen-bond donors (Lipinski definition) is 3. The summed E-state index contributed by atoms with van der Waals surface area (Å²) in [5, 5.41) is 13.0. The average molecular weight is 460 g/mol. The molecule has 1 fully saturated rings. The number of likely N-dealkylation sites (tertiary alicyclic amines) is 1. The second kappa shape index (κ2) is 11.0. The maximum Gasteiger partial charge on any atom is 0.227 e. The smallest absolute Gasteiger partial charge is 0.227 e. The van der Waals surface area contributed by atoms with Crippen molar-refractivity contribution in [1.29, 1.82) is 0 Å². The molecular weight excluding hydrogens is 426 g/mol. The molecule has 3 unspecified atom stereocenters. The highest BCUT2D eigenvalue weighted by Gasteiger charge is 2.26. The molecule has 7 nitrogen and oxygen atoms in total. The molecule has 0 radical (unpaired) electrons. The normalized spacial score (nSPS) is 18.9. The van der Waals surface area contributed by atoms with Crippen molar-refractivity contribution in [2.24, 2.45) is 0 Å². The van der Waals surface area contributed by atoms with Gasteiger partial charge in [0.2, 0.25) is 15.9 Å². The Morgan fingerprint density at radius 3 is 2.41 bits per heavy atom. The predicted molar refractivity (Wildman–Crippen MR) is 126 cm³/mol. The van der Waals surface area contributed by atoms with E-state index < -0.39 is 10.0 Å². The van der Waals surface area contributed by atoms with Crippen LogP contribution in [0.25, 0.3) is 0 Å². The summed E-state index contributed by atoms with van der Waals surface area (Å²) >= 11 is 0. The number of benzene rings is 2. The zero-order chi connectivity index (χ0) is 23.1. The molecule has 8 heteroatoms. The molecule has 1 aliphatic heterocycles. The van der Waals surface area contributed by atoms with Gasteiger partial charge in [0.05, 0.1) is 23.8 Å². The maximum atomic E-state index is 13.1. The third-order valence-electron chi connectivity index (χ3n) is 5.96. The van der Waals surface area contributed by atoms with Crippen LogP contribution < -0.4 is 10.0 Å². The molecule has 1 saturated heterocycles. The predicted octanol–water partition coefficient (Wildman–Crippen LogP) is 2.15. The van der Waals surface area contributed by atoms with E-state index in [9.17, 15) is 18.3 Å². The van der Waals surface area contributed by atoms with Crippen molar-refractivity contribution in [1.82, 2.24) is 14.9 Å². The number of rotatable bonds is 10. The van der Waals surface area contributed by atoms with Gasteiger partial charge in [-0.1, -0.05) is 54.6 Å². The first-order valence-corrected chi connectivity index (χ1v) is 12.7. The molecule has 0 aliphatic carbocycles. The Hall–Kier alpha value is -2.26. The molecule has 3 rings (SSSR count). The van der Waals surface area contributed by atoms with Gasteiger partial charge in [0, 0.05) is 26.2 Å². The first-order chi connectivity index (χ1) is 15.3. The fourth-order valence-corrected chi connectivity index (χ4v) is 4.41. The summed E-state index contributed by atoms with van der Waals surface area (Å²) < 4.78 is 25.8. The van der Waals surface area contributed by atoms with Crippen LogP contribution in [0.5, 0.6) is 0 Å². The standard InChI is InChI=1S/C24H33N3O4S/c1-3-32(30,31)25-15-19-9-11-20(12-10-19)18(2)24(29)26-23(21-7-5-4-6-8-21)17-27-14-13-22(28)16-27/h4-12,18,22-23,25,28H,3,13-17H2,1-2H3,(H,26,29). The van der Waals surface area contributed by atoms with Gasteiger partial charge >= 0.3 is 0 Å². The van der Waals surface area contributed by atoms with Crippen molar-refractivity contribution in [3.05, 3.63) is 71.3 Å². The molecule has 0 bridgehead atoms. The maximum absolute atomic E-state index is 13.1. The Kier molecular flexibility index (Phi) is 8.42. The highest BCUT2D eigenvalue weighted by atomic mass is 32.2. The van der Waals surface area contributed by atoms with Crippen LogP contribution in [0, 0.1) is 0 Å². The monoisotopic (exact) mass is 459 g/mol. The van der Waals surface area contributed by atoms with Crippen LogP contribution in [0.15, 0.2) is 54.6 Å². The van der Waals surface area contributed by atoms with Gasteiger partial charge in [-0.2, -0.15) is 0 Å². The van der Waals surface area contributed by atoms with Crippen molar-refractivity contribution in [3.63, 3.8) is 0 Å². The van der Waals surface area contributed by atoms with E-state index >= 15 is 0 Å². The van der Waals surface area contributed by atoms with Gasteiger partial charge in [-0.3, -0.25) is 9.69 Å². The van der Waals surface area contributed by atoms with Crippen molar-refractivity contribution < 1.29 is 18.3 Å². The number of nitrogens with one attached hydrogen (secondary N) is 2. The van der Waals surface area contributed by atoms with Gasteiger partial charge in [0.25, 0.3) is 0 Å². The van der Waals surface area contributed by atoms with E-state index in [2.05, 4.69) is 14.9 Å². The quantitative estimate of drug-likeness (QED) is 0.506. The fourth-order valence-electron chi connectivity index (χ4n) is 3.82. The lowest BCUT2D eigenvalue weighted by atomic mass is 9.97. The van der Waals surface area contributed by atoms with Crippen LogP contribution in [0.3, 0.4) is 0 Å². The summed E-state index contributed by atoms with van der Waals surface area (Å²) in [4.78, 5) is 15.3. The highest BCUT2D eigenvalue weighted by Crippen LogP contribution is 2.21. The van der Waals surface area contributed by atoms with Gasteiger partial charge < -0.3 is 10.4 Å². The molecule has 2 aromatic carbocycles. The van der Waals surface area contributed by atoms with Crippen LogP contribution in [0.1, 0.15) is 48.9 Å². The summed E-state index contributed by atoms with van der Waals surface area (Å²) in [5.74, 6) is -0.383. The van der Waals surface area contributed by atoms with Crippen LogP contribution in [-0.4, -0.2) is 55.8 Å². The summed E-state index contributed by atoms with van der Waals surface area (Å²) in [7, 11) is -3.24. The Morgan fingerprint density at radius 2 is 1.81 bits per heavy atom. The van der Waals surface area contributed by atoms with Crippen molar-refractivity contribution in [2.75, 3.05) is 25.4 Å². The zero-order valence-electron chi connectivity index (χ0n) is 18.7. The van der Waals surface area contributed by atoms with Crippen molar-refractivity contribution in [2.45, 2.75) is 44.9 Å². The topological polar surface area (TPSA) is 98.7 Å². The molecule has 3 N–H and O–H groups in total. The van der Waals surface area contributed by atoms with Gasteiger partial charge in [-0.25, -0.2) is 13.1 Å².